The van der Waals surface area contributed by atoms with E-state index in [-0.39, 0.29) is 0 Å². The molecule has 0 fully saturated rings. The van der Waals surface area contributed by atoms with E-state index in [9.17, 15) is 0 Å². The lowest BCUT2D eigenvalue weighted by molar-refractivity contribution is 0.297. The number of benzene rings is 1. The molecule has 0 saturated heterocycles. The Morgan fingerprint density at radius 2 is 0.792 bits per heavy atom. The molecule has 0 aliphatic carbocycles. The molecule has 0 radical (unpaired) electrons. The molecule has 1 rings (SSSR count). The van der Waals surface area contributed by atoms with Crippen LogP contribution in [0.1, 0.15) is 11.1 Å². The molecule has 0 aliphatic rings. The van der Waals surface area contributed by atoms with Crippen molar-refractivity contribution in [3.63, 3.8) is 0 Å². The highest BCUT2D eigenvalue weighted by atomic mass is 15.1. The van der Waals surface area contributed by atoms with Crippen LogP contribution in [0.2, 0.25) is 0 Å². The molecule has 0 atom stereocenters. The molecule has 0 unspecified atom stereocenters. The summed E-state index contributed by atoms with van der Waals surface area (Å²) in [4.78, 5) is 2.17. The smallest absolute Gasteiger partial charge is 0.0178 e. The van der Waals surface area contributed by atoms with Gasteiger partial charge in [-0.05, 0) is 11.1 Å². The van der Waals surface area contributed by atoms with Crippen LogP contribution in [0.3, 0.4) is 0 Å². The lowest BCUT2D eigenvalue weighted by Crippen LogP contribution is -2.37. The van der Waals surface area contributed by atoms with Crippen molar-refractivity contribution in [2.24, 2.45) is 40.1 Å². The Bertz CT molecular complexity index is 305. The SMILES string of the molecule is NCCN.NCCN(CCN)CCN.NCc1ccc(CN)cc1. The third-order valence-corrected chi connectivity index (χ3v) is 3.00. The second-order valence-electron chi connectivity index (χ2n) is 5.01. The van der Waals surface area contributed by atoms with Gasteiger partial charge >= 0.3 is 0 Å². The van der Waals surface area contributed by atoms with E-state index in [0.717, 1.165) is 30.8 Å². The third kappa shape index (κ3) is 15.8. The molecule has 0 heterocycles. The van der Waals surface area contributed by atoms with Crippen molar-refractivity contribution >= 4 is 0 Å². The monoisotopic (exact) mass is 342 g/mol. The Kier molecular flexibility index (Phi) is 20.9. The first-order valence-corrected chi connectivity index (χ1v) is 8.33. The van der Waals surface area contributed by atoms with Gasteiger partial charge in [-0.1, -0.05) is 24.3 Å². The molecule has 0 spiro atoms. The van der Waals surface area contributed by atoms with Gasteiger partial charge in [-0.25, -0.2) is 0 Å². The van der Waals surface area contributed by atoms with Gasteiger partial charge in [0.25, 0.3) is 0 Å². The molecule has 14 N–H and O–H groups in total. The van der Waals surface area contributed by atoms with Gasteiger partial charge in [0.2, 0.25) is 0 Å². The lowest BCUT2D eigenvalue weighted by Gasteiger charge is -2.18. The third-order valence-electron chi connectivity index (χ3n) is 3.00. The van der Waals surface area contributed by atoms with Gasteiger partial charge in [-0.15, -0.1) is 0 Å². The van der Waals surface area contributed by atoms with E-state index in [1.807, 2.05) is 24.3 Å². The fraction of sp³-hybridized carbons (Fsp3) is 0.625. The van der Waals surface area contributed by atoms with Crippen LogP contribution in [-0.4, -0.2) is 57.3 Å². The highest BCUT2D eigenvalue weighted by molar-refractivity contribution is 5.21. The van der Waals surface area contributed by atoms with Crippen LogP contribution in [0, 0.1) is 0 Å². The van der Waals surface area contributed by atoms with Crippen molar-refractivity contribution < 1.29 is 0 Å². The second kappa shape index (κ2) is 19.9. The summed E-state index contributed by atoms with van der Waals surface area (Å²) in [7, 11) is 0. The first kappa shape index (κ1) is 25.1. The van der Waals surface area contributed by atoms with E-state index in [2.05, 4.69) is 4.90 Å². The molecule has 1 aromatic rings. The zero-order valence-electron chi connectivity index (χ0n) is 14.9. The highest BCUT2D eigenvalue weighted by Crippen LogP contribution is 2.01. The van der Waals surface area contributed by atoms with Crippen molar-refractivity contribution in [3.05, 3.63) is 35.4 Å². The van der Waals surface area contributed by atoms with Gasteiger partial charge in [-0.2, -0.15) is 0 Å². The molecule has 0 amide bonds. The van der Waals surface area contributed by atoms with Crippen LogP contribution >= 0.6 is 0 Å². The fourth-order valence-corrected chi connectivity index (χ4v) is 1.69. The van der Waals surface area contributed by atoms with E-state index >= 15 is 0 Å². The summed E-state index contributed by atoms with van der Waals surface area (Å²) in [5.41, 5.74) is 39.0. The lowest BCUT2D eigenvalue weighted by atomic mass is 10.1. The molecule has 8 heteroatoms. The second-order valence-corrected chi connectivity index (χ2v) is 5.01. The van der Waals surface area contributed by atoms with Crippen molar-refractivity contribution in [2.75, 3.05) is 52.4 Å². The maximum atomic E-state index is 5.41. The molecular weight excluding hydrogens is 304 g/mol. The van der Waals surface area contributed by atoms with Crippen LogP contribution in [0.4, 0.5) is 0 Å². The molecule has 0 bridgehead atoms. The van der Waals surface area contributed by atoms with Gasteiger partial charge in [0.1, 0.15) is 0 Å². The van der Waals surface area contributed by atoms with E-state index < -0.39 is 0 Å². The number of nitrogens with zero attached hydrogens (tertiary/aromatic N) is 1. The van der Waals surface area contributed by atoms with Crippen molar-refractivity contribution in [1.29, 1.82) is 0 Å². The Hall–Kier alpha value is -1.10. The van der Waals surface area contributed by atoms with Crippen LogP contribution in [-0.2, 0) is 13.1 Å². The number of nitrogens with two attached hydrogens (primary N) is 7. The van der Waals surface area contributed by atoms with E-state index in [1.54, 1.807) is 0 Å². The highest BCUT2D eigenvalue weighted by Gasteiger charge is 1.98. The van der Waals surface area contributed by atoms with Gasteiger partial charge in [-0.3, -0.25) is 4.90 Å². The molecule has 24 heavy (non-hydrogen) atoms. The Morgan fingerprint density at radius 1 is 0.500 bits per heavy atom. The standard InChI is InChI=1S/C8H12N2.C6H18N4.C2H8N2/c9-5-7-1-2-8(6-10)4-3-7;7-1-4-10(5-2-8)6-3-9;3-1-2-4/h1-4H,5-6,9-10H2;1-9H2;1-4H2. The summed E-state index contributed by atoms with van der Waals surface area (Å²) in [6.45, 7) is 7.13. The summed E-state index contributed by atoms with van der Waals surface area (Å²) >= 11 is 0. The van der Waals surface area contributed by atoms with Crippen molar-refractivity contribution in [1.82, 2.24) is 4.90 Å². The first-order valence-electron chi connectivity index (χ1n) is 8.33. The minimum absolute atomic E-state index is 0.597. The predicted molar refractivity (Wildman–Crippen MR) is 104 cm³/mol. The minimum Gasteiger partial charge on any atom is -0.329 e. The molecule has 142 valence electrons. The van der Waals surface area contributed by atoms with E-state index in [4.69, 9.17) is 40.1 Å². The van der Waals surface area contributed by atoms with Gasteiger partial charge in [0, 0.05) is 65.4 Å². The molecule has 8 nitrogen and oxygen atoms in total. The van der Waals surface area contributed by atoms with Gasteiger partial charge < -0.3 is 40.1 Å². The Balaban J connectivity index is 0. The molecule has 0 saturated carbocycles. The number of hydrogen-bond donors (Lipinski definition) is 7. The topological polar surface area (TPSA) is 185 Å². The van der Waals surface area contributed by atoms with Gasteiger partial charge in [0.05, 0.1) is 0 Å². The van der Waals surface area contributed by atoms with Crippen LogP contribution in [0.25, 0.3) is 0 Å². The Labute approximate surface area is 146 Å². The maximum Gasteiger partial charge on any atom is 0.0178 e. The zero-order valence-corrected chi connectivity index (χ0v) is 14.9. The summed E-state index contributed by atoms with van der Waals surface area (Å²) < 4.78 is 0. The fourth-order valence-electron chi connectivity index (χ4n) is 1.69. The molecule has 0 aliphatic heterocycles. The van der Waals surface area contributed by atoms with Crippen LogP contribution < -0.4 is 40.1 Å². The summed E-state index contributed by atoms with van der Waals surface area (Å²) in [6.07, 6.45) is 0. The summed E-state index contributed by atoms with van der Waals surface area (Å²) in [6, 6.07) is 8.01. The predicted octanol–water partition coefficient (Wildman–Crippen LogP) is -2.33. The first-order chi connectivity index (χ1) is 11.6. The van der Waals surface area contributed by atoms with E-state index in [0.29, 0.717) is 45.8 Å². The normalized spacial score (nSPS) is 9.83. The maximum absolute atomic E-state index is 5.41. The quantitative estimate of drug-likeness (QED) is 0.260. The largest absolute Gasteiger partial charge is 0.329 e. The zero-order chi connectivity index (χ0) is 18.6. The van der Waals surface area contributed by atoms with Crippen molar-refractivity contribution in [3.8, 4) is 0 Å². The summed E-state index contributed by atoms with van der Waals surface area (Å²) in [5.74, 6) is 0. The Morgan fingerprint density at radius 3 is 0.958 bits per heavy atom. The molecule has 0 aromatic heterocycles. The molecule has 1 aromatic carbocycles. The number of hydrogen-bond acceptors (Lipinski definition) is 8. The molecular formula is C16H38N8. The number of rotatable bonds is 9. The average molecular weight is 343 g/mol. The van der Waals surface area contributed by atoms with Crippen LogP contribution in [0.15, 0.2) is 24.3 Å². The summed E-state index contributed by atoms with van der Waals surface area (Å²) in [5, 5.41) is 0. The van der Waals surface area contributed by atoms with Crippen LogP contribution in [0.5, 0.6) is 0 Å². The van der Waals surface area contributed by atoms with Crippen molar-refractivity contribution in [2.45, 2.75) is 13.1 Å². The van der Waals surface area contributed by atoms with E-state index in [1.165, 1.54) is 0 Å². The van der Waals surface area contributed by atoms with Gasteiger partial charge in [0.15, 0.2) is 0 Å². The minimum atomic E-state index is 0.597. The average Bonchev–Trinajstić information content (AvgIpc) is 2.63.